The number of carbonyl (C=O) groups excluding carboxylic acids is 2. The number of phenolic OH excluding ortho intramolecular Hbond substituents is 1. The topological polar surface area (TPSA) is 72.8 Å². The molecule has 0 saturated carbocycles. The highest BCUT2D eigenvalue weighted by molar-refractivity contribution is 9.10. The molecule has 3 aromatic rings. The van der Waals surface area contributed by atoms with Crippen molar-refractivity contribution >= 4 is 27.9 Å². The summed E-state index contributed by atoms with van der Waals surface area (Å²) in [6.07, 6.45) is 0. The molecule has 0 radical (unpaired) electrons. The van der Waals surface area contributed by atoms with Crippen LogP contribution in [-0.2, 0) is 20.4 Å². The van der Waals surface area contributed by atoms with Crippen molar-refractivity contribution < 1.29 is 24.2 Å². The molecule has 6 heteroatoms. The third-order valence-corrected chi connectivity index (χ3v) is 7.41. The van der Waals surface area contributed by atoms with Gasteiger partial charge in [-0.3, -0.25) is 4.79 Å². The van der Waals surface area contributed by atoms with Crippen LogP contribution in [0.2, 0.25) is 0 Å². The number of hydrogen-bond donors (Lipinski definition) is 1. The number of rotatable bonds is 3. The molecular formula is C31H33BrO5. The Labute approximate surface area is 226 Å². The lowest BCUT2D eigenvalue weighted by Crippen LogP contribution is -2.32. The molecular weight excluding hydrogens is 532 g/mol. The van der Waals surface area contributed by atoms with E-state index in [-0.39, 0.29) is 16.6 Å². The van der Waals surface area contributed by atoms with Crippen molar-refractivity contribution in [2.45, 2.75) is 64.2 Å². The molecule has 1 aliphatic rings. The fourth-order valence-corrected chi connectivity index (χ4v) is 5.40. The van der Waals surface area contributed by atoms with E-state index in [1.807, 2.05) is 24.3 Å². The van der Waals surface area contributed by atoms with Crippen molar-refractivity contribution in [1.82, 2.24) is 0 Å². The molecule has 2 atom stereocenters. The summed E-state index contributed by atoms with van der Waals surface area (Å²) in [5.74, 6) is -1.48. The van der Waals surface area contributed by atoms with Crippen molar-refractivity contribution in [3.05, 3.63) is 92.5 Å². The molecule has 5 nitrogen and oxygen atoms in total. The van der Waals surface area contributed by atoms with Gasteiger partial charge < -0.3 is 14.6 Å². The number of benzene rings is 3. The second kappa shape index (κ2) is 9.64. The fraction of sp³-hybridized carbons (Fsp3) is 0.355. The normalized spacial score (nSPS) is 17.7. The van der Waals surface area contributed by atoms with Crippen LogP contribution < -0.4 is 4.74 Å². The van der Waals surface area contributed by atoms with E-state index in [4.69, 9.17) is 9.47 Å². The molecule has 0 fully saturated rings. The summed E-state index contributed by atoms with van der Waals surface area (Å²) in [5, 5.41) is 11.3. The fourth-order valence-electron chi connectivity index (χ4n) is 5.06. The number of phenols is 1. The largest absolute Gasteiger partial charge is 0.507 e. The zero-order chi connectivity index (χ0) is 27.3. The van der Waals surface area contributed by atoms with Gasteiger partial charge >= 0.3 is 11.9 Å². The maximum Gasteiger partial charge on any atom is 0.338 e. The van der Waals surface area contributed by atoms with Gasteiger partial charge in [-0.2, -0.15) is 0 Å². The predicted molar refractivity (Wildman–Crippen MR) is 148 cm³/mol. The SMILES string of the molecule is COC(=O)c1ccccc1[C@H]1C(=O)Oc2cc(Br)ccc2[C@@H]1c1cc(C(C)(C)C)c(O)c(C(C)(C)C)c1. The second-order valence-electron chi connectivity index (χ2n) is 11.6. The molecule has 0 amide bonds. The van der Waals surface area contributed by atoms with E-state index in [1.165, 1.54) is 7.11 Å². The average molecular weight is 566 g/mol. The van der Waals surface area contributed by atoms with E-state index in [0.29, 0.717) is 16.9 Å². The first kappa shape index (κ1) is 26.9. The van der Waals surface area contributed by atoms with E-state index in [9.17, 15) is 14.7 Å². The van der Waals surface area contributed by atoms with Crippen molar-refractivity contribution in [3.8, 4) is 11.5 Å². The standard InChI is InChI=1S/C31H33BrO5/c1-30(2,3)22-14-17(15-23(27(22)33)31(4,5)6)25-21-13-12-18(32)16-24(21)37-29(35)26(25)19-10-8-9-11-20(19)28(34)36-7/h8-16,25-26,33H,1-7H3/t25-,26+/m0/s1. The monoisotopic (exact) mass is 564 g/mol. The van der Waals surface area contributed by atoms with Gasteiger partial charge in [0.15, 0.2) is 0 Å². The first-order chi connectivity index (χ1) is 17.2. The van der Waals surface area contributed by atoms with Crippen molar-refractivity contribution in [3.63, 3.8) is 0 Å². The van der Waals surface area contributed by atoms with Gasteiger partial charge in [0.25, 0.3) is 0 Å². The van der Waals surface area contributed by atoms with E-state index in [1.54, 1.807) is 30.3 Å². The van der Waals surface area contributed by atoms with Gasteiger partial charge in [-0.25, -0.2) is 4.79 Å². The maximum absolute atomic E-state index is 13.7. The molecule has 1 heterocycles. The van der Waals surface area contributed by atoms with Crippen molar-refractivity contribution in [2.24, 2.45) is 0 Å². The quantitative estimate of drug-likeness (QED) is 0.265. The Morgan fingerprint density at radius 3 is 2.05 bits per heavy atom. The number of aromatic hydroxyl groups is 1. The number of hydrogen-bond acceptors (Lipinski definition) is 5. The summed E-state index contributed by atoms with van der Waals surface area (Å²) in [6.45, 7) is 12.3. The molecule has 0 bridgehead atoms. The van der Waals surface area contributed by atoms with Gasteiger partial charge in [0, 0.05) is 16.0 Å². The molecule has 1 N–H and O–H groups in total. The Bertz CT molecular complexity index is 1340. The highest BCUT2D eigenvalue weighted by atomic mass is 79.9. The van der Waals surface area contributed by atoms with Gasteiger partial charge in [0.1, 0.15) is 11.5 Å². The summed E-state index contributed by atoms with van der Waals surface area (Å²) in [4.78, 5) is 26.4. The van der Waals surface area contributed by atoms with Gasteiger partial charge in [-0.1, -0.05) is 93.9 Å². The minimum Gasteiger partial charge on any atom is -0.507 e. The van der Waals surface area contributed by atoms with Gasteiger partial charge in [0.2, 0.25) is 0 Å². The summed E-state index contributed by atoms with van der Waals surface area (Å²) in [5.41, 5.74) is 3.47. The molecule has 3 aromatic carbocycles. The third kappa shape index (κ3) is 5.04. The van der Waals surface area contributed by atoms with Crippen LogP contribution in [0.4, 0.5) is 0 Å². The molecule has 37 heavy (non-hydrogen) atoms. The van der Waals surface area contributed by atoms with Crippen LogP contribution in [0.3, 0.4) is 0 Å². The minimum absolute atomic E-state index is 0.268. The number of carbonyl (C=O) groups is 2. The number of esters is 2. The molecule has 0 spiro atoms. The zero-order valence-electron chi connectivity index (χ0n) is 22.3. The van der Waals surface area contributed by atoms with Gasteiger partial charge in [0.05, 0.1) is 18.6 Å². The van der Waals surface area contributed by atoms with Crippen LogP contribution in [0, 0.1) is 0 Å². The summed E-state index contributed by atoms with van der Waals surface area (Å²) >= 11 is 3.49. The van der Waals surface area contributed by atoms with Crippen LogP contribution in [0.5, 0.6) is 11.5 Å². The molecule has 0 saturated heterocycles. The van der Waals surface area contributed by atoms with Crippen LogP contribution >= 0.6 is 15.9 Å². The Hall–Kier alpha value is -3.12. The van der Waals surface area contributed by atoms with Crippen molar-refractivity contribution in [2.75, 3.05) is 7.11 Å². The lowest BCUT2D eigenvalue weighted by molar-refractivity contribution is -0.137. The van der Waals surface area contributed by atoms with Crippen LogP contribution in [0.25, 0.3) is 0 Å². The average Bonchev–Trinajstić information content (AvgIpc) is 2.81. The highest BCUT2D eigenvalue weighted by Crippen LogP contribution is 2.50. The van der Waals surface area contributed by atoms with Gasteiger partial charge in [-0.15, -0.1) is 0 Å². The molecule has 0 aromatic heterocycles. The van der Waals surface area contributed by atoms with Crippen LogP contribution in [-0.4, -0.2) is 24.2 Å². The number of ether oxygens (including phenoxy) is 2. The molecule has 0 aliphatic carbocycles. The number of halogens is 1. The van der Waals surface area contributed by atoms with Crippen molar-refractivity contribution in [1.29, 1.82) is 0 Å². The van der Waals surface area contributed by atoms with Gasteiger partial charge in [-0.05, 0) is 51.3 Å². The Morgan fingerprint density at radius 1 is 0.892 bits per heavy atom. The highest BCUT2D eigenvalue weighted by Gasteiger charge is 2.43. The first-order valence-electron chi connectivity index (χ1n) is 12.3. The molecule has 194 valence electrons. The number of fused-ring (bicyclic) bond motifs is 1. The second-order valence-corrected chi connectivity index (χ2v) is 12.5. The Balaban J connectivity index is 2.08. The predicted octanol–water partition coefficient (Wildman–Crippen LogP) is 7.37. The van der Waals surface area contributed by atoms with Crippen LogP contribution in [0.1, 0.15) is 91.6 Å². The maximum atomic E-state index is 13.7. The van der Waals surface area contributed by atoms with E-state index in [0.717, 1.165) is 26.7 Å². The smallest absolute Gasteiger partial charge is 0.338 e. The summed E-state index contributed by atoms with van der Waals surface area (Å²) in [6, 6.07) is 16.7. The molecule has 1 aliphatic heterocycles. The molecule has 4 rings (SSSR count). The lowest BCUT2D eigenvalue weighted by atomic mass is 9.71. The lowest BCUT2D eigenvalue weighted by Gasteiger charge is -2.35. The van der Waals surface area contributed by atoms with E-state index in [2.05, 4.69) is 57.5 Å². The van der Waals surface area contributed by atoms with E-state index < -0.39 is 23.8 Å². The summed E-state index contributed by atoms with van der Waals surface area (Å²) < 4.78 is 11.7. The first-order valence-corrected chi connectivity index (χ1v) is 13.1. The Kier molecular flexibility index (Phi) is 7.02. The zero-order valence-corrected chi connectivity index (χ0v) is 23.9. The summed E-state index contributed by atoms with van der Waals surface area (Å²) in [7, 11) is 1.33. The number of methoxy groups -OCH3 is 1. The van der Waals surface area contributed by atoms with Crippen LogP contribution in [0.15, 0.2) is 59.1 Å². The minimum atomic E-state index is -0.797. The third-order valence-electron chi connectivity index (χ3n) is 6.92. The van der Waals surface area contributed by atoms with E-state index >= 15 is 0 Å². The molecule has 0 unspecified atom stereocenters. The Morgan fingerprint density at radius 2 is 1.49 bits per heavy atom.